The molecule has 1 atom stereocenters. The molecule has 0 saturated carbocycles. The smallest absolute Gasteiger partial charge is 0.328 e. The number of ether oxygens (including phenoxy) is 1. The van der Waals surface area contributed by atoms with Crippen LogP contribution in [0.4, 0.5) is 5.69 Å². The molecular weight excluding hydrogens is 392 g/mol. The number of carbonyl (C=O) groups is 2. The van der Waals surface area contributed by atoms with Crippen LogP contribution in [0.1, 0.15) is 46.6 Å². The first-order chi connectivity index (χ1) is 15.0. The highest BCUT2D eigenvalue weighted by Crippen LogP contribution is 2.30. The molecule has 1 aliphatic rings. The zero-order valence-corrected chi connectivity index (χ0v) is 17.4. The summed E-state index contributed by atoms with van der Waals surface area (Å²) in [6.07, 6.45) is 0.873. The van der Waals surface area contributed by atoms with Crippen LogP contribution in [0.2, 0.25) is 0 Å². The monoisotopic (exact) mass is 414 g/mol. The van der Waals surface area contributed by atoms with Gasteiger partial charge in [-0.3, -0.25) is 14.2 Å². The molecule has 1 unspecified atom stereocenters. The number of ketones is 1. The van der Waals surface area contributed by atoms with E-state index in [0.29, 0.717) is 29.8 Å². The minimum Gasteiger partial charge on any atom is -0.467 e. The topological polar surface area (TPSA) is 77.7 Å². The van der Waals surface area contributed by atoms with E-state index in [-0.39, 0.29) is 11.5 Å². The highest BCUT2D eigenvalue weighted by molar-refractivity contribution is 6.14. The molecule has 1 aromatic heterocycles. The molecule has 0 N–H and O–H groups in total. The minimum absolute atomic E-state index is 0.118. The van der Waals surface area contributed by atoms with Crippen LogP contribution in [-0.4, -0.2) is 29.1 Å². The molecule has 156 valence electrons. The predicted octanol–water partition coefficient (Wildman–Crippen LogP) is 3.88. The number of rotatable bonds is 5. The maximum Gasteiger partial charge on any atom is 0.328 e. The molecule has 0 radical (unpaired) electrons. The Morgan fingerprint density at radius 3 is 2.10 bits per heavy atom. The van der Waals surface area contributed by atoms with Gasteiger partial charge in [0.25, 0.3) is 5.56 Å². The Morgan fingerprint density at radius 2 is 1.58 bits per heavy atom. The summed E-state index contributed by atoms with van der Waals surface area (Å²) in [5.41, 5.74) is 2.98. The SMILES string of the molecule is COC(=O)C1CCc2c(C(C)=O)cc(N=C(c3ccccc3)c3ccccc3)c(=O)n21. The van der Waals surface area contributed by atoms with Crippen LogP contribution in [0.3, 0.4) is 0 Å². The molecule has 0 bridgehead atoms. The van der Waals surface area contributed by atoms with E-state index in [2.05, 4.69) is 0 Å². The molecule has 0 aliphatic carbocycles. The summed E-state index contributed by atoms with van der Waals surface area (Å²) >= 11 is 0. The van der Waals surface area contributed by atoms with Crippen molar-refractivity contribution in [1.29, 1.82) is 0 Å². The Morgan fingerprint density at radius 1 is 1.00 bits per heavy atom. The summed E-state index contributed by atoms with van der Waals surface area (Å²) in [6.45, 7) is 1.45. The van der Waals surface area contributed by atoms with Crippen molar-refractivity contribution in [2.75, 3.05) is 7.11 Å². The highest BCUT2D eigenvalue weighted by atomic mass is 16.5. The fourth-order valence-electron chi connectivity index (χ4n) is 4.00. The number of hydrogen-bond acceptors (Lipinski definition) is 5. The van der Waals surface area contributed by atoms with Gasteiger partial charge < -0.3 is 4.74 Å². The van der Waals surface area contributed by atoms with Gasteiger partial charge in [-0.1, -0.05) is 60.7 Å². The van der Waals surface area contributed by atoms with Crippen molar-refractivity contribution >= 4 is 23.2 Å². The summed E-state index contributed by atoms with van der Waals surface area (Å²) in [4.78, 5) is 42.8. The molecule has 6 heteroatoms. The summed E-state index contributed by atoms with van der Waals surface area (Å²) in [6, 6.07) is 19.9. The maximum atomic E-state index is 13.4. The van der Waals surface area contributed by atoms with Crippen LogP contribution in [0.15, 0.2) is 76.5 Å². The average molecular weight is 414 g/mol. The Kier molecular flexibility index (Phi) is 5.62. The normalized spacial score (nSPS) is 14.6. The average Bonchev–Trinajstić information content (AvgIpc) is 3.24. The molecule has 2 heterocycles. The van der Waals surface area contributed by atoms with Gasteiger partial charge in [0.15, 0.2) is 5.78 Å². The van der Waals surface area contributed by atoms with Crippen molar-refractivity contribution in [3.63, 3.8) is 0 Å². The zero-order chi connectivity index (χ0) is 22.0. The van der Waals surface area contributed by atoms with E-state index < -0.39 is 17.6 Å². The van der Waals surface area contributed by atoms with Gasteiger partial charge in [0.1, 0.15) is 11.7 Å². The number of aliphatic imine (C=N–C) groups is 1. The second kappa shape index (κ2) is 8.52. The molecule has 0 saturated heterocycles. The van der Waals surface area contributed by atoms with Crippen molar-refractivity contribution in [2.24, 2.45) is 4.99 Å². The first kappa shape index (κ1) is 20.5. The Balaban J connectivity index is 1.97. The second-order valence-electron chi connectivity index (χ2n) is 7.39. The number of nitrogens with zero attached hydrogens (tertiary/aromatic N) is 2. The van der Waals surface area contributed by atoms with Gasteiger partial charge in [0, 0.05) is 22.4 Å². The second-order valence-corrected chi connectivity index (χ2v) is 7.39. The van der Waals surface area contributed by atoms with E-state index in [4.69, 9.17) is 9.73 Å². The lowest BCUT2D eigenvalue weighted by atomic mass is 10.0. The van der Waals surface area contributed by atoms with Crippen LogP contribution in [0.25, 0.3) is 0 Å². The third-order valence-corrected chi connectivity index (χ3v) is 5.47. The fourth-order valence-corrected chi connectivity index (χ4v) is 4.00. The number of pyridine rings is 1. The minimum atomic E-state index is -0.752. The zero-order valence-electron chi connectivity index (χ0n) is 17.4. The van der Waals surface area contributed by atoms with Gasteiger partial charge >= 0.3 is 5.97 Å². The summed E-state index contributed by atoms with van der Waals surface area (Å²) in [7, 11) is 1.29. The lowest BCUT2D eigenvalue weighted by Crippen LogP contribution is -2.29. The molecule has 0 amide bonds. The molecule has 1 aliphatic heterocycles. The Labute approximate surface area is 179 Å². The van der Waals surface area contributed by atoms with E-state index in [1.54, 1.807) is 6.07 Å². The van der Waals surface area contributed by atoms with Crippen LogP contribution in [0.5, 0.6) is 0 Å². The first-order valence-corrected chi connectivity index (χ1v) is 10.1. The Bertz CT molecular complexity index is 1190. The number of carbonyl (C=O) groups excluding carboxylic acids is 2. The van der Waals surface area contributed by atoms with Crippen molar-refractivity contribution in [3.8, 4) is 0 Å². The van der Waals surface area contributed by atoms with E-state index in [1.807, 2.05) is 60.7 Å². The van der Waals surface area contributed by atoms with Crippen molar-refractivity contribution in [3.05, 3.63) is 99.5 Å². The molecule has 3 aromatic rings. The van der Waals surface area contributed by atoms with Crippen LogP contribution in [0, 0.1) is 0 Å². The maximum absolute atomic E-state index is 13.4. The van der Waals surface area contributed by atoms with Crippen molar-refractivity contribution in [2.45, 2.75) is 25.8 Å². The third kappa shape index (κ3) is 3.84. The van der Waals surface area contributed by atoms with E-state index in [9.17, 15) is 14.4 Å². The quantitative estimate of drug-likeness (QED) is 0.361. The highest BCUT2D eigenvalue weighted by Gasteiger charge is 2.33. The Hall–Kier alpha value is -3.80. The number of esters is 1. The van der Waals surface area contributed by atoms with Crippen molar-refractivity contribution < 1.29 is 14.3 Å². The van der Waals surface area contributed by atoms with Gasteiger partial charge in [-0.2, -0.15) is 0 Å². The van der Waals surface area contributed by atoms with Crippen LogP contribution in [-0.2, 0) is 16.0 Å². The van der Waals surface area contributed by atoms with E-state index in [0.717, 1.165) is 11.1 Å². The summed E-state index contributed by atoms with van der Waals surface area (Å²) in [5, 5.41) is 0. The van der Waals surface area contributed by atoms with Crippen molar-refractivity contribution in [1.82, 2.24) is 4.57 Å². The van der Waals surface area contributed by atoms with Gasteiger partial charge in [-0.25, -0.2) is 9.79 Å². The molecule has 2 aromatic carbocycles. The van der Waals surface area contributed by atoms with Crippen LogP contribution < -0.4 is 5.56 Å². The largest absolute Gasteiger partial charge is 0.467 e. The molecule has 6 nitrogen and oxygen atoms in total. The lowest BCUT2D eigenvalue weighted by molar-refractivity contribution is -0.144. The number of aromatic nitrogens is 1. The molecule has 0 fully saturated rings. The van der Waals surface area contributed by atoms with Gasteiger partial charge in [-0.15, -0.1) is 0 Å². The van der Waals surface area contributed by atoms with E-state index in [1.165, 1.54) is 18.6 Å². The fraction of sp³-hybridized carbons (Fsp3) is 0.200. The van der Waals surface area contributed by atoms with Crippen LogP contribution >= 0.6 is 0 Å². The molecule has 31 heavy (non-hydrogen) atoms. The molecular formula is C25H22N2O4. The summed E-state index contributed by atoms with van der Waals surface area (Å²) in [5.74, 6) is -0.672. The summed E-state index contributed by atoms with van der Waals surface area (Å²) < 4.78 is 6.27. The number of fused-ring (bicyclic) bond motifs is 1. The van der Waals surface area contributed by atoms with Gasteiger partial charge in [0.05, 0.1) is 12.8 Å². The van der Waals surface area contributed by atoms with Gasteiger partial charge in [-0.05, 0) is 25.8 Å². The lowest BCUT2D eigenvalue weighted by Gasteiger charge is -2.15. The van der Waals surface area contributed by atoms with E-state index >= 15 is 0 Å². The number of methoxy groups -OCH3 is 1. The number of hydrogen-bond donors (Lipinski definition) is 0. The van der Waals surface area contributed by atoms with Gasteiger partial charge in [0.2, 0.25) is 0 Å². The number of benzene rings is 2. The number of Topliss-reactive ketones (excluding diaryl/α,β-unsaturated/α-hetero) is 1. The third-order valence-electron chi connectivity index (χ3n) is 5.47. The molecule has 0 spiro atoms. The standard InChI is InChI=1S/C25H22N2O4/c1-16(28)19-15-20(24(29)27-21(19)13-14-22(27)25(30)31-2)26-23(17-9-5-3-6-10-17)18-11-7-4-8-12-18/h3-12,15,22H,13-14H2,1-2H3. The first-order valence-electron chi connectivity index (χ1n) is 10.1. The molecule has 4 rings (SSSR count). The predicted molar refractivity (Wildman–Crippen MR) is 118 cm³/mol.